The summed E-state index contributed by atoms with van der Waals surface area (Å²) in [4.78, 5) is 9.28. The summed E-state index contributed by atoms with van der Waals surface area (Å²) in [5.41, 5.74) is 1.95. The monoisotopic (exact) mass is 261 g/mol. The molecule has 20 heavy (non-hydrogen) atoms. The van der Waals surface area contributed by atoms with E-state index in [9.17, 15) is 0 Å². The van der Waals surface area contributed by atoms with E-state index in [1.54, 1.807) is 0 Å². The van der Waals surface area contributed by atoms with E-state index in [-0.39, 0.29) is 0 Å². The number of aromatic nitrogens is 2. The highest BCUT2D eigenvalue weighted by atomic mass is 15.0. The second-order valence-corrected chi connectivity index (χ2v) is 4.45. The molecule has 0 aliphatic rings. The zero-order chi connectivity index (χ0) is 13.8. The zero-order valence-corrected chi connectivity index (χ0v) is 11.1. The van der Waals surface area contributed by atoms with E-state index < -0.39 is 0 Å². The third-order valence-electron chi connectivity index (χ3n) is 3.05. The maximum Gasteiger partial charge on any atom is 0.162 e. The van der Waals surface area contributed by atoms with Crippen LogP contribution in [0.2, 0.25) is 0 Å². The number of nitrogens with zero attached hydrogens (tertiary/aromatic N) is 2. The van der Waals surface area contributed by atoms with Gasteiger partial charge in [-0.1, -0.05) is 48.5 Å². The van der Waals surface area contributed by atoms with Gasteiger partial charge in [-0.05, 0) is 12.1 Å². The molecule has 0 bridgehead atoms. The van der Waals surface area contributed by atoms with Gasteiger partial charge in [0.15, 0.2) is 5.82 Å². The van der Waals surface area contributed by atoms with Crippen molar-refractivity contribution >= 4 is 16.7 Å². The molecule has 0 amide bonds. The second kappa shape index (κ2) is 5.53. The Morgan fingerprint density at radius 2 is 1.70 bits per heavy atom. The molecule has 0 saturated carbocycles. The zero-order valence-electron chi connectivity index (χ0n) is 11.1. The molecule has 98 valence electrons. The highest BCUT2D eigenvalue weighted by Gasteiger charge is 2.08. The smallest absolute Gasteiger partial charge is 0.162 e. The lowest BCUT2D eigenvalue weighted by atomic mass is 10.2. The molecule has 0 aliphatic carbocycles. The van der Waals surface area contributed by atoms with Crippen LogP contribution in [-0.2, 0) is 0 Å². The summed E-state index contributed by atoms with van der Waals surface area (Å²) in [5.74, 6) is 1.57. The molecule has 0 atom stereocenters. The van der Waals surface area contributed by atoms with E-state index in [4.69, 9.17) is 0 Å². The van der Waals surface area contributed by atoms with Crippen LogP contribution in [0.5, 0.6) is 0 Å². The van der Waals surface area contributed by atoms with Crippen molar-refractivity contribution < 1.29 is 0 Å². The van der Waals surface area contributed by atoms with Gasteiger partial charge in [-0.3, -0.25) is 0 Å². The van der Waals surface area contributed by atoms with Crippen LogP contribution in [0.4, 0.5) is 5.82 Å². The minimum absolute atomic E-state index is 0.676. The average Bonchev–Trinajstić information content (AvgIpc) is 2.53. The molecular weight excluding hydrogens is 246 g/mol. The molecule has 3 aromatic rings. The van der Waals surface area contributed by atoms with Crippen molar-refractivity contribution in [2.45, 2.75) is 0 Å². The predicted octanol–water partition coefficient (Wildman–Crippen LogP) is 3.89. The summed E-state index contributed by atoms with van der Waals surface area (Å²) >= 11 is 0. The van der Waals surface area contributed by atoms with E-state index in [1.807, 2.05) is 60.7 Å². The van der Waals surface area contributed by atoms with E-state index in [0.717, 1.165) is 28.1 Å². The van der Waals surface area contributed by atoms with E-state index in [1.165, 1.54) is 0 Å². The van der Waals surface area contributed by atoms with Crippen molar-refractivity contribution in [2.75, 3.05) is 11.9 Å². The van der Waals surface area contributed by atoms with Crippen LogP contribution in [0, 0.1) is 0 Å². The number of hydrogen-bond donors (Lipinski definition) is 1. The van der Waals surface area contributed by atoms with Gasteiger partial charge in [0, 0.05) is 17.5 Å². The molecule has 0 radical (unpaired) electrons. The number of anilines is 1. The first-order valence-electron chi connectivity index (χ1n) is 6.55. The molecule has 0 fully saturated rings. The number of rotatable bonds is 4. The average molecular weight is 261 g/mol. The van der Waals surface area contributed by atoms with Crippen molar-refractivity contribution in [3.05, 3.63) is 67.3 Å². The maximum atomic E-state index is 4.64. The fourth-order valence-corrected chi connectivity index (χ4v) is 2.10. The molecule has 0 unspecified atom stereocenters. The normalized spacial score (nSPS) is 10.4. The van der Waals surface area contributed by atoms with Crippen LogP contribution in [0.1, 0.15) is 0 Å². The lowest BCUT2D eigenvalue weighted by molar-refractivity contribution is 1.19. The lowest BCUT2D eigenvalue weighted by Gasteiger charge is -2.09. The minimum atomic E-state index is 0.676. The number of benzene rings is 2. The van der Waals surface area contributed by atoms with Crippen LogP contribution in [-0.4, -0.2) is 16.5 Å². The molecule has 0 aliphatic heterocycles. The molecule has 0 saturated heterocycles. The van der Waals surface area contributed by atoms with E-state index in [2.05, 4.69) is 21.9 Å². The Bertz CT molecular complexity index is 736. The summed E-state index contributed by atoms with van der Waals surface area (Å²) in [6, 6.07) is 18.0. The van der Waals surface area contributed by atoms with Crippen molar-refractivity contribution in [1.29, 1.82) is 0 Å². The summed E-state index contributed by atoms with van der Waals surface area (Å²) < 4.78 is 0. The van der Waals surface area contributed by atoms with Gasteiger partial charge < -0.3 is 5.32 Å². The Hall–Kier alpha value is -2.68. The Morgan fingerprint density at radius 3 is 2.50 bits per heavy atom. The number of fused-ring (bicyclic) bond motifs is 1. The molecule has 0 spiro atoms. The molecule has 3 nitrogen and oxygen atoms in total. The van der Waals surface area contributed by atoms with Gasteiger partial charge in [0.2, 0.25) is 0 Å². The summed E-state index contributed by atoms with van der Waals surface area (Å²) in [7, 11) is 0. The first-order valence-corrected chi connectivity index (χ1v) is 6.55. The van der Waals surface area contributed by atoms with Crippen molar-refractivity contribution in [3.8, 4) is 11.4 Å². The summed E-state index contributed by atoms with van der Waals surface area (Å²) in [6.45, 7) is 4.41. The molecule has 2 aromatic carbocycles. The third-order valence-corrected chi connectivity index (χ3v) is 3.05. The van der Waals surface area contributed by atoms with Gasteiger partial charge in [0.05, 0.1) is 5.52 Å². The van der Waals surface area contributed by atoms with E-state index >= 15 is 0 Å². The van der Waals surface area contributed by atoms with Gasteiger partial charge in [0.1, 0.15) is 5.82 Å². The fraction of sp³-hybridized carbons (Fsp3) is 0.0588. The predicted molar refractivity (Wildman–Crippen MR) is 83.7 cm³/mol. The van der Waals surface area contributed by atoms with Gasteiger partial charge in [-0.15, -0.1) is 6.58 Å². The van der Waals surface area contributed by atoms with Crippen LogP contribution in [0.25, 0.3) is 22.3 Å². The Balaban J connectivity index is 2.17. The fourth-order valence-electron chi connectivity index (χ4n) is 2.10. The molecule has 1 heterocycles. The van der Waals surface area contributed by atoms with E-state index in [0.29, 0.717) is 6.54 Å². The number of nitrogens with one attached hydrogen (secondary N) is 1. The SMILES string of the molecule is C=CCNc1nc(-c2ccccc2)nc2ccccc12. The Morgan fingerprint density at radius 1 is 0.950 bits per heavy atom. The topological polar surface area (TPSA) is 37.8 Å². The van der Waals surface area contributed by atoms with Gasteiger partial charge in [-0.25, -0.2) is 9.97 Å². The largest absolute Gasteiger partial charge is 0.366 e. The highest BCUT2D eigenvalue weighted by molar-refractivity contribution is 5.90. The van der Waals surface area contributed by atoms with Gasteiger partial charge in [0.25, 0.3) is 0 Å². The van der Waals surface area contributed by atoms with Crippen molar-refractivity contribution in [2.24, 2.45) is 0 Å². The molecule has 3 heteroatoms. The highest BCUT2D eigenvalue weighted by Crippen LogP contribution is 2.24. The molecule has 3 rings (SSSR count). The number of para-hydroxylation sites is 1. The van der Waals surface area contributed by atoms with Crippen LogP contribution < -0.4 is 5.32 Å². The Kier molecular flexibility index (Phi) is 3.42. The van der Waals surface area contributed by atoms with Crippen molar-refractivity contribution in [1.82, 2.24) is 9.97 Å². The lowest BCUT2D eigenvalue weighted by Crippen LogP contribution is -2.03. The standard InChI is InChI=1S/C17H15N3/c1-2-12-18-17-14-10-6-7-11-15(14)19-16(20-17)13-8-4-3-5-9-13/h2-11H,1,12H2,(H,18,19,20). The molecule has 1 N–H and O–H groups in total. The second-order valence-electron chi connectivity index (χ2n) is 4.45. The number of hydrogen-bond acceptors (Lipinski definition) is 3. The first kappa shape index (κ1) is 12.4. The van der Waals surface area contributed by atoms with Crippen LogP contribution in [0.15, 0.2) is 67.3 Å². The van der Waals surface area contributed by atoms with Crippen LogP contribution >= 0.6 is 0 Å². The molecular formula is C17H15N3. The minimum Gasteiger partial charge on any atom is -0.366 e. The van der Waals surface area contributed by atoms with Gasteiger partial charge >= 0.3 is 0 Å². The van der Waals surface area contributed by atoms with Crippen molar-refractivity contribution in [3.63, 3.8) is 0 Å². The first-order chi connectivity index (χ1) is 9.88. The van der Waals surface area contributed by atoms with Crippen LogP contribution in [0.3, 0.4) is 0 Å². The van der Waals surface area contributed by atoms with Gasteiger partial charge in [-0.2, -0.15) is 0 Å². The quantitative estimate of drug-likeness (QED) is 0.724. The summed E-state index contributed by atoms with van der Waals surface area (Å²) in [5, 5.41) is 4.30. The Labute approximate surface area is 118 Å². The third kappa shape index (κ3) is 2.38. The summed E-state index contributed by atoms with van der Waals surface area (Å²) in [6.07, 6.45) is 1.82. The molecule has 1 aromatic heterocycles. The maximum absolute atomic E-state index is 4.64.